The van der Waals surface area contributed by atoms with Crippen molar-refractivity contribution in [3.63, 3.8) is 0 Å². The molecule has 0 spiro atoms. The number of nitrogens with one attached hydrogen (secondary N) is 2. The molecule has 0 aromatic heterocycles. The van der Waals surface area contributed by atoms with E-state index in [1.165, 1.54) is 25.8 Å². The lowest BCUT2D eigenvalue weighted by Crippen LogP contribution is -2.29. The van der Waals surface area contributed by atoms with Gasteiger partial charge in [0.15, 0.2) is 0 Å². The highest BCUT2D eigenvalue weighted by molar-refractivity contribution is 4.99. The maximum atomic E-state index is 5.41. The summed E-state index contributed by atoms with van der Waals surface area (Å²) in [4.78, 5) is 0. The van der Waals surface area contributed by atoms with Gasteiger partial charge < -0.3 is 16.4 Å². The third-order valence-electron chi connectivity index (χ3n) is 2.51. The van der Waals surface area contributed by atoms with Gasteiger partial charge >= 0.3 is 0 Å². The first-order valence-corrected chi connectivity index (χ1v) is 5.55. The molecule has 3 heteroatoms. The Balaban J connectivity index is 1.85. The molecule has 2 atom stereocenters. The molecule has 0 bridgehead atoms. The van der Waals surface area contributed by atoms with Crippen molar-refractivity contribution in [2.75, 3.05) is 19.6 Å². The largest absolute Gasteiger partial charge is 0.330 e. The maximum Gasteiger partial charge on any atom is 0.0237 e. The van der Waals surface area contributed by atoms with Crippen LogP contribution in [0.3, 0.4) is 0 Å². The van der Waals surface area contributed by atoms with Crippen LogP contribution in [0.4, 0.5) is 0 Å². The minimum absolute atomic E-state index is 0.725. The van der Waals surface area contributed by atoms with E-state index in [0.29, 0.717) is 0 Å². The normalized spacial score (nSPS) is 26.3. The van der Waals surface area contributed by atoms with Crippen molar-refractivity contribution in [2.45, 2.75) is 44.7 Å². The molecule has 0 aliphatic heterocycles. The quantitative estimate of drug-likeness (QED) is 0.481. The molecule has 1 fully saturated rings. The zero-order valence-corrected chi connectivity index (χ0v) is 8.68. The van der Waals surface area contributed by atoms with Crippen LogP contribution in [0.15, 0.2) is 0 Å². The van der Waals surface area contributed by atoms with Crippen LogP contribution >= 0.6 is 0 Å². The summed E-state index contributed by atoms with van der Waals surface area (Å²) in [6.45, 7) is 5.28. The van der Waals surface area contributed by atoms with Crippen LogP contribution in [-0.2, 0) is 0 Å². The number of hydrogen-bond acceptors (Lipinski definition) is 3. The zero-order chi connectivity index (χ0) is 9.52. The fraction of sp³-hybridized carbons (Fsp3) is 1.00. The molecule has 3 nitrogen and oxygen atoms in total. The second kappa shape index (κ2) is 6.35. The van der Waals surface area contributed by atoms with Gasteiger partial charge in [-0.3, -0.25) is 0 Å². The lowest BCUT2D eigenvalue weighted by atomic mass is 10.3. The molecule has 1 saturated carbocycles. The van der Waals surface area contributed by atoms with Gasteiger partial charge in [-0.1, -0.05) is 13.3 Å². The molecule has 1 aliphatic rings. The van der Waals surface area contributed by atoms with E-state index in [1.54, 1.807) is 0 Å². The molecule has 0 saturated heterocycles. The molecule has 4 N–H and O–H groups in total. The van der Waals surface area contributed by atoms with Gasteiger partial charge in [-0.2, -0.15) is 0 Å². The molecule has 0 aromatic carbocycles. The third kappa shape index (κ3) is 4.60. The highest BCUT2D eigenvalue weighted by Crippen LogP contribution is 2.20. The second-order valence-corrected chi connectivity index (χ2v) is 3.85. The fourth-order valence-electron chi connectivity index (χ4n) is 1.50. The average Bonchev–Trinajstić information content (AvgIpc) is 2.85. The SMILES string of the molecule is CCCCNC1CC1NCCCN. The highest BCUT2D eigenvalue weighted by atomic mass is 15.1. The van der Waals surface area contributed by atoms with Gasteiger partial charge in [-0.15, -0.1) is 0 Å². The Morgan fingerprint density at radius 1 is 1.15 bits per heavy atom. The Bertz CT molecular complexity index is 113. The standard InChI is InChI=1S/C10H23N3/c1-2-3-6-12-9-8-10(9)13-7-4-5-11/h9-10,12-13H,2-8,11H2,1H3. The van der Waals surface area contributed by atoms with Crippen molar-refractivity contribution in [2.24, 2.45) is 5.73 Å². The molecule has 0 heterocycles. The van der Waals surface area contributed by atoms with Crippen LogP contribution in [0.2, 0.25) is 0 Å². The first kappa shape index (κ1) is 11.0. The zero-order valence-electron chi connectivity index (χ0n) is 8.68. The van der Waals surface area contributed by atoms with Gasteiger partial charge in [0.25, 0.3) is 0 Å². The van der Waals surface area contributed by atoms with E-state index in [9.17, 15) is 0 Å². The van der Waals surface area contributed by atoms with Gasteiger partial charge in [-0.25, -0.2) is 0 Å². The summed E-state index contributed by atoms with van der Waals surface area (Å²) in [7, 11) is 0. The second-order valence-electron chi connectivity index (χ2n) is 3.85. The molecule has 0 amide bonds. The number of rotatable bonds is 8. The van der Waals surface area contributed by atoms with E-state index < -0.39 is 0 Å². The molecule has 78 valence electrons. The minimum Gasteiger partial charge on any atom is -0.330 e. The number of hydrogen-bond donors (Lipinski definition) is 3. The molecule has 0 aromatic rings. The van der Waals surface area contributed by atoms with Crippen molar-refractivity contribution in [3.05, 3.63) is 0 Å². The van der Waals surface area contributed by atoms with Crippen molar-refractivity contribution < 1.29 is 0 Å². The summed E-state index contributed by atoms with van der Waals surface area (Å²) in [5.41, 5.74) is 5.41. The van der Waals surface area contributed by atoms with Crippen LogP contribution < -0.4 is 16.4 Å². The van der Waals surface area contributed by atoms with Gasteiger partial charge in [0.1, 0.15) is 0 Å². The summed E-state index contributed by atoms with van der Waals surface area (Å²) in [5, 5.41) is 7.03. The van der Waals surface area contributed by atoms with E-state index in [-0.39, 0.29) is 0 Å². The Labute approximate surface area is 81.5 Å². The van der Waals surface area contributed by atoms with Crippen molar-refractivity contribution >= 4 is 0 Å². The van der Waals surface area contributed by atoms with Gasteiger partial charge in [-0.05, 0) is 38.9 Å². The van der Waals surface area contributed by atoms with E-state index in [0.717, 1.165) is 31.6 Å². The Morgan fingerprint density at radius 2 is 1.77 bits per heavy atom. The monoisotopic (exact) mass is 185 g/mol. The smallest absolute Gasteiger partial charge is 0.0237 e. The first-order valence-electron chi connectivity index (χ1n) is 5.55. The fourth-order valence-corrected chi connectivity index (χ4v) is 1.50. The average molecular weight is 185 g/mol. The number of nitrogens with two attached hydrogens (primary N) is 1. The number of unbranched alkanes of at least 4 members (excludes halogenated alkanes) is 1. The summed E-state index contributed by atoms with van der Waals surface area (Å²) >= 11 is 0. The van der Waals surface area contributed by atoms with E-state index in [2.05, 4.69) is 17.6 Å². The summed E-state index contributed by atoms with van der Waals surface area (Å²) in [6, 6.07) is 1.47. The first-order chi connectivity index (χ1) is 6.38. The van der Waals surface area contributed by atoms with Crippen molar-refractivity contribution in [3.8, 4) is 0 Å². The lowest BCUT2D eigenvalue weighted by molar-refractivity contribution is 0.579. The molecule has 2 unspecified atom stereocenters. The van der Waals surface area contributed by atoms with Crippen LogP contribution in [0.1, 0.15) is 32.6 Å². The Kier molecular flexibility index (Phi) is 5.35. The predicted octanol–water partition coefficient (Wildman–Crippen LogP) is 0.455. The van der Waals surface area contributed by atoms with E-state index in [1.807, 2.05) is 0 Å². The Hall–Kier alpha value is -0.120. The topological polar surface area (TPSA) is 50.1 Å². The minimum atomic E-state index is 0.725. The van der Waals surface area contributed by atoms with Crippen LogP contribution in [0, 0.1) is 0 Å². The van der Waals surface area contributed by atoms with Crippen molar-refractivity contribution in [1.82, 2.24) is 10.6 Å². The summed E-state index contributed by atoms with van der Waals surface area (Å²) < 4.78 is 0. The molecule has 1 aliphatic carbocycles. The molecule has 13 heavy (non-hydrogen) atoms. The van der Waals surface area contributed by atoms with E-state index >= 15 is 0 Å². The van der Waals surface area contributed by atoms with Crippen LogP contribution in [0.5, 0.6) is 0 Å². The Morgan fingerprint density at radius 3 is 2.31 bits per heavy atom. The molecule has 0 radical (unpaired) electrons. The van der Waals surface area contributed by atoms with Gasteiger partial charge in [0.05, 0.1) is 0 Å². The predicted molar refractivity (Wildman–Crippen MR) is 56.8 cm³/mol. The highest BCUT2D eigenvalue weighted by Gasteiger charge is 2.35. The summed E-state index contributed by atoms with van der Waals surface area (Å²) in [6.07, 6.45) is 4.98. The van der Waals surface area contributed by atoms with Crippen LogP contribution in [0.25, 0.3) is 0 Å². The molecular formula is C10H23N3. The lowest BCUT2D eigenvalue weighted by Gasteiger charge is -2.04. The molecular weight excluding hydrogens is 162 g/mol. The van der Waals surface area contributed by atoms with Crippen molar-refractivity contribution in [1.29, 1.82) is 0 Å². The maximum absolute atomic E-state index is 5.41. The molecule has 1 rings (SSSR count). The van der Waals surface area contributed by atoms with Gasteiger partial charge in [0, 0.05) is 12.1 Å². The van der Waals surface area contributed by atoms with E-state index in [4.69, 9.17) is 5.73 Å². The van der Waals surface area contributed by atoms with Gasteiger partial charge in [0.2, 0.25) is 0 Å². The third-order valence-corrected chi connectivity index (χ3v) is 2.51. The summed E-state index contributed by atoms with van der Waals surface area (Å²) in [5.74, 6) is 0. The van der Waals surface area contributed by atoms with Crippen LogP contribution in [-0.4, -0.2) is 31.7 Å².